The Kier molecular flexibility index (Phi) is 9.67. The summed E-state index contributed by atoms with van der Waals surface area (Å²) in [4.78, 5) is 18.1. The third-order valence-electron chi connectivity index (χ3n) is 4.44. The van der Waals surface area contributed by atoms with Gasteiger partial charge in [-0.2, -0.15) is 0 Å². The van der Waals surface area contributed by atoms with Gasteiger partial charge in [0.1, 0.15) is 0 Å². The Bertz CT molecular complexity index is 340. The predicted octanol–water partition coefficient (Wildman–Crippen LogP) is 2.78. The number of hydrogen-bond acceptors (Lipinski definition) is 2. The molecular weight excluding hydrogens is 276 g/mol. The third-order valence-corrected chi connectivity index (χ3v) is 4.44. The van der Waals surface area contributed by atoms with Gasteiger partial charge in [0.05, 0.1) is 0 Å². The van der Waals surface area contributed by atoms with Crippen LogP contribution < -0.4 is 11.5 Å². The highest BCUT2D eigenvalue weighted by molar-refractivity contribution is 5.78. The molecule has 4 N–H and O–H groups in total. The first-order valence-electron chi connectivity index (χ1n) is 9.00. The van der Waals surface area contributed by atoms with Gasteiger partial charge < -0.3 is 16.4 Å². The summed E-state index contributed by atoms with van der Waals surface area (Å²) in [7, 11) is 0. The minimum absolute atomic E-state index is 0.151. The highest BCUT2D eigenvalue weighted by atomic mass is 16.2. The van der Waals surface area contributed by atoms with E-state index in [1.54, 1.807) is 0 Å². The molecule has 1 aliphatic rings. The van der Waals surface area contributed by atoms with Crippen molar-refractivity contribution < 1.29 is 4.79 Å². The minimum atomic E-state index is 0.151. The molecule has 1 rings (SSSR count). The average molecular weight is 310 g/mol. The maximum Gasteiger partial charge on any atom is 0.222 e. The van der Waals surface area contributed by atoms with Crippen LogP contribution in [0.15, 0.2) is 4.99 Å². The fraction of sp³-hybridized carbons (Fsp3) is 0.882. The lowest BCUT2D eigenvalue weighted by Gasteiger charge is -2.24. The van der Waals surface area contributed by atoms with Crippen molar-refractivity contribution in [2.24, 2.45) is 16.5 Å². The molecule has 0 spiro atoms. The monoisotopic (exact) mass is 310 g/mol. The first kappa shape index (κ1) is 18.8. The van der Waals surface area contributed by atoms with E-state index in [-0.39, 0.29) is 5.96 Å². The summed E-state index contributed by atoms with van der Waals surface area (Å²) in [5.41, 5.74) is 10.6. The van der Waals surface area contributed by atoms with Gasteiger partial charge in [-0.25, -0.2) is 0 Å². The zero-order chi connectivity index (χ0) is 16.2. The fourth-order valence-electron chi connectivity index (χ4n) is 3.16. The molecule has 0 bridgehead atoms. The minimum Gasteiger partial charge on any atom is -0.370 e. The van der Waals surface area contributed by atoms with Crippen LogP contribution in [-0.4, -0.2) is 35.9 Å². The fourth-order valence-corrected chi connectivity index (χ4v) is 3.16. The maximum absolute atomic E-state index is 12.0. The second-order valence-electron chi connectivity index (χ2n) is 6.35. The van der Waals surface area contributed by atoms with Crippen LogP contribution in [0.25, 0.3) is 0 Å². The number of guanidine groups is 1. The van der Waals surface area contributed by atoms with Crippen molar-refractivity contribution in [2.75, 3.05) is 13.1 Å². The summed E-state index contributed by atoms with van der Waals surface area (Å²) < 4.78 is 0. The Labute approximate surface area is 135 Å². The maximum atomic E-state index is 12.0. The lowest BCUT2D eigenvalue weighted by molar-refractivity contribution is -0.129. The van der Waals surface area contributed by atoms with Crippen LogP contribution in [0, 0.1) is 0 Å². The third kappa shape index (κ3) is 7.66. The number of unbranched alkanes of at least 4 members (excludes halogenated alkanes) is 6. The largest absolute Gasteiger partial charge is 0.370 e. The van der Waals surface area contributed by atoms with Crippen molar-refractivity contribution in [1.29, 1.82) is 0 Å². The highest BCUT2D eigenvalue weighted by Crippen LogP contribution is 2.24. The van der Waals surface area contributed by atoms with Gasteiger partial charge in [-0.05, 0) is 25.7 Å². The number of nitrogens with two attached hydrogens (primary N) is 2. The lowest BCUT2D eigenvalue weighted by atomic mass is 10.0. The van der Waals surface area contributed by atoms with Crippen LogP contribution in [0.5, 0.6) is 0 Å². The van der Waals surface area contributed by atoms with Gasteiger partial charge in [-0.3, -0.25) is 9.79 Å². The molecule has 1 saturated heterocycles. The van der Waals surface area contributed by atoms with Gasteiger partial charge in [0.25, 0.3) is 0 Å². The SMILES string of the molecule is CCCCCCCCC1CCC(=O)N1CCCCN=C(N)N. The summed E-state index contributed by atoms with van der Waals surface area (Å²) >= 11 is 0. The smallest absolute Gasteiger partial charge is 0.222 e. The molecule has 1 heterocycles. The van der Waals surface area contributed by atoms with Gasteiger partial charge in [-0.15, -0.1) is 0 Å². The second-order valence-corrected chi connectivity index (χ2v) is 6.35. The number of hydrogen-bond donors (Lipinski definition) is 2. The average Bonchev–Trinajstić information content (AvgIpc) is 2.83. The lowest BCUT2D eigenvalue weighted by Crippen LogP contribution is -2.34. The number of carbonyl (C=O) groups excluding carboxylic acids is 1. The molecule has 1 aliphatic heterocycles. The van der Waals surface area contributed by atoms with Crippen LogP contribution in [-0.2, 0) is 4.79 Å². The number of carbonyl (C=O) groups is 1. The van der Waals surface area contributed by atoms with Crippen molar-refractivity contribution >= 4 is 11.9 Å². The molecule has 22 heavy (non-hydrogen) atoms. The zero-order valence-corrected chi connectivity index (χ0v) is 14.2. The van der Waals surface area contributed by atoms with E-state index in [9.17, 15) is 4.79 Å². The molecule has 0 radical (unpaired) electrons. The van der Waals surface area contributed by atoms with Crippen LogP contribution in [0.4, 0.5) is 0 Å². The Morgan fingerprint density at radius 2 is 1.86 bits per heavy atom. The van der Waals surface area contributed by atoms with Crippen LogP contribution >= 0.6 is 0 Å². The Hall–Kier alpha value is -1.26. The predicted molar refractivity (Wildman–Crippen MR) is 92.6 cm³/mol. The van der Waals surface area contributed by atoms with E-state index in [0.29, 0.717) is 18.5 Å². The molecule has 0 saturated carbocycles. The molecule has 0 aromatic heterocycles. The first-order chi connectivity index (χ1) is 10.6. The van der Waals surface area contributed by atoms with Crippen molar-refractivity contribution in [3.63, 3.8) is 0 Å². The van der Waals surface area contributed by atoms with Gasteiger partial charge in [0.15, 0.2) is 5.96 Å². The quantitative estimate of drug-likeness (QED) is 0.330. The normalized spacial score (nSPS) is 18.0. The van der Waals surface area contributed by atoms with E-state index in [1.807, 2.05) is 0 Å². The molecule has 1 fully saturated rings. The van der Waals surface area contributed by atoms with E-state index in [1.165, 1.54) is 44.9 Å². The van der Waals surface area contributed by atoms with Crippen LogP contribution in [0.2, 0.25) is 0 Å². The summed E-state index contributed by atoms with van der Waals surface area (Å²) in [6.07, 6.45) is 12.8. The molecule has 0 aromatic rings. The summed E-state index contributed by atoms with van der Waals surface area (Å²) in [6, 6.07) is 0.474. The Morgan fingerprint density at radius 1 is 1.14 bits per heavy atom. The summed E-state index contributed by atoms with van der Waals surface area (Å²) in [6.45, 7) is 3.76. The van der Waals surface area contributed by atoms with Gasteiger partial charge in [0.2, 0.25) is 5.91 Å². The molecule has 1 atom stereocenters. The highest BCUT2D eigenvalue weighted by Gasteiger charge is 2.29. The van der Waals surface area contributed by atoms with E-state index < -0.39 is 0 Å². The molecule has 5 nitrogen and oxygen atoms in total. The topological polar surface area (TPSA) is 84.7 Å². The summed E-state index contributed by atoms with van der Waals surface area (Å²) in [5.74, 6) is 0.482. The Balaban J connectivity index is 2.16. The zero-order valence-electron chi connectivity index (χ0n) is 14.2. The molecule has 128 valence electrons. The number of amides is 1. The van der Waals surface area contributed by atoms with E-state index in [4.69, 9.17) is 11.5 Å². The van der Waals surface area contributed by atoms with Gasteiger partial charge in [0, 0.05) is 25.6 Å². The van der Waals surface area contributed by atoms with Gasteiger partial charge >= 0.3 is 0 Å². The second kappa shape index (κ2) is 11.3. The molecule has 0 aromatic carbocycles. The van der Waals surface area contributed by atoms with Crippen molar-refractivity contribution in [3.05, 3.63) is 0 Å². The molecule has 1 amide bonds. The van der Waals surface area contributed by atoms with Crippen molar-refractivity contribution in [1.82, 2.24) is 4.90 Å². The molecule has 5 heteroatoms. The standard InChI is InChI=1S/C17H34N4O/c1-2-3-4-5-6-7-10-15-11-12-16(22)21(15)14-9-8-13-20-17(18)19/h15H,2-14H2,1H3,(H4,18,19,20). The number of nitrogens with zero attached hydrogens (tertiary/aromatic N) is 2. The van der Waals surface area contributed by atoms with E-state index in [0.717, 1.165) is 32.2 Å². The number of likely N-dealkylation sites (tertiary alicyclic amines) is 1. The van der Waals surface area contributed by atoms with Crippen molar-refractivity contribution in [3.8, 4) is 0 Å². The van der Waals surface area contributed by atoms with Crippen molar-refractivity contribution in [2.45, 2.75) is 83.6 Å². The molecular formula is C17H34N4O. The van der Waals surface area contributed by atoms with Crippen LogP contribution in [0.1, 0.15) is 77.6 Å². The molecule has 0 aliphatic carbocycles. The Morgan fingerprint density at radius 3 is 2.59 bits per heavy atom. The first-order valence-corrected chi connectivity index (χ1v) is 9.00. The van der Waals surface area contributed by atoms with Gasteiger partial charge in [-0.1, -0.05) is 45.4 Å². The van der Waals surface area contributed by atoms with E-state index >= 15 is 0 Å². The van der Waals surface area contributed by atoms with Crippen LogP contribution in [0.3, 0.4) is 0 Å². The van der Waals surface area contributed by atoms with E-state index in [2.05, 4.69) is 16.8 Å². The molecule has 1 unspecified atom stereocenters. The summed E-state index contributed by atoms with van der Waals surface area (Å²) in [5, 5.41) is 0. The number of aliphatic imine (C=N–C) groups is 1. The number of rotatable bonds is 12.